The van der Waals surface area contributed by atoms with Crippen LogP contribution < -0.4 is 5.73 Å². The molecule has 0 bridgehead atoms. The number of morpholine rings is 1. The molecule has 0 saturated carbocycles. The minimum atomic E-state index is -4.17. The van der Waals surface area contributed by atoms with Gasteiger partial charge in [0.1, 0.15) is 0 Å². The Balaban J connectivity index is 2.31. The van der Waals surface area contributed by atoms with Gasteiger partial charge >= 0.3 is 6.18 Å². The molecule has 4 nitrogen and oxygen atoms in total. The highest BCUT2D eigenvalue weighted by atomic mass is 19.4. The van der Waals surface area contributed by atoms with E-state index in [9.17, 15) is 13.2 Å². The number of halogens is 3. The van der Waals surface area contributed by atoms with Gasteiger partial charge in [-0.05, 0) is 0 Å². The summed E-state index contributed by atoms with van der Waals surface area (Å²) in [6.07, 6.45) is -5.10. The molecule has 0 atom stereocenters. The number of aliphatic imine (C=N–C) groups is 1. The maximum absolute atomic E-state index is 11.8. The van der Waals surface area contributed by atoms with Gasteiger partial charge in [-0.25, -0.2) is 0 Å². The summed E-state index contributed by atoms with van der Waals surface area (Å²) in [5.41, 5.74) is 5.53. The normalized spacial score (nSPS) is 19.4. The lowest BCUT2D eigenvalue weighted by Gasteiger charge is -2.27. The van der Waals surface area contributed by atoms with E-state index in [1.54, 1.807) is 4.90 Å². The molecule has 1 aliphatic rings. The van der Waals surface area contributed by atoms with Crippen LogP contribution in [0.5, 0.6) is 0 Å². The molecule has 0 spiro atoms. The fraction of sp³-hybridized carbons (Fsp3) is 0.875. The zero-order valence-corrected chi connectivity index (χ0v) is 8.26. The highest BCUT2D eigenvalue weighted by Gasteiger charge is 2.26. The SMILES string of the molecule is NC(=NCCC(F)(F)F)N1CCOCC1. The molecular weight excluding hydrogens is 211 g/mol. The van der Waals surface area contributed by atoms with Crippen LogP contribution in [0.1, 0.15) is 6.42 Å². The fourth-order valence-electron chi connectivity index (χ4n) is 1.19. The van der Waals surface area contributed by atoms with Crippen molar-refractivity contribution in [3.63, 3.8) is 0 Å². The molecule has 0 radical (unpaired) electrons. The van der Waals surface area contributed by atoms with Crippen molar-refractivity contribution in [2.45, 2.75) is 12.6 Å². The molecule has 1 rings (SSSR count). The van der Waals surface area contributed by atoms with Crippen molar-refractivity contribution >= 4 is 5.96 Å². The van der Waals surface area contributed by atoms with Crippen LogP contribution in [0, 0.1) is 0 Å². The van der Waals surface area contributed by atoms with Crippen LogP contribution in [0.4, 0.5) is 13.2 Å². The largest absolute Gasteiger partial charge is 0.390 e. The summed E-state index contributed by atoms with van der Waals surface area (Å²) in [4.78, 5) is 5.40. The van der Waals surface area contributed by atoms with Crippen LogP contribution in [0.2, 0.25) is 0 Å². The second kappa shape index (κ2) is 5.20. The average molecular weight is 225 g/mol. The van der Waals surface area contributed by atoms with Gasteiger partial charge in [-0.15, -0.1) is 0 Å². The number of ether oxygens (including phenoxy) is 1. The van der Waals surface area contributed by atoms with Gasteiger partial charge in [-0.1, -0.05) is 0 Å². The monoisotopic (exact) mass is 225 g/mol. The number of rotatable bonds is 2. The molecule has 0 aromatic rings. The number of nitrogens with two attached hydrogens (primary N) is 1. The smallest absolute Gasteiger partial charge is 0.378 e. The first-order valence-electron chi connectivity index (χ1n) is 4.68. The Morgan fingerprint density at radius 1 is 1.33 bits per heavy atom. The fourth-order valence-corrected chi connectivity index (χ4v) is 1.19. The Hall–Kier alpha value is -0.980. The second-order valence-electron chi connectivity index (χ2n) is 3.20. The van der Waals surface area contributed by atoms with Crippen LogP contribution in [0.15, 0.2) is 4.99 Å². The molecule has 0 amide bonds. The van der Waals surface area contributed by atoms with Gasteiger partial charge in [0.2, 0.25) is 0 Å². The minimum absolute atomic E-state index is 0.169. The van der Waals surface area contributed by atoms with E-state index in [1.165, 1.54) is 0 Å². The first-order valence-corrected chi connectivity index (χ1v) is 4.68. The summed E-state index contributed by atoms with van der Waals surface area (Å²) >= 11 is 0. The van der Waals surface area contributed by atoms with Crippen LogP contribution in [0.25, 0.3) is 0 Å². The predicted octanol–water partition coefficient (Wildman–Crippen LogP) is 0.586. The van der Waals surface area contributed by atoms with E-state index in [2.05, 4.69) is 4.99 Å². The van der Waals surface area contributed by atoms with Gasteiger partial charge in [0.15, 0.2) is 5.96 Å². The van der Waals surface area contributed by atoms with E-state index in [-0.39, 0.29) is 12.5 Å². The summed E-state index contributed by atoms with van der Waals surface area (Å²) < 4.78 is 40.5. The zero-order chi connectivity index (χ0) is 11.3. The van der Waals surface area contributed by atoms with Crippen LogP contribution in [0.3, 0.4) is 0 Å². The lowest BCUT2D eigenvalue weighted by molar-refractivity contribution is -0.132. The molecule has 2 N–H and O–H groups in total. The van der Waals surface area contributed by atoms with Crippen molar-refractivity contribution in [2.75, 3.05) is 32.8 Å². The number of guanidine groups is 1. The maximum Gasteiger partial charge on any atom is 0.390 e. The first kappa shape index (κ1) is 12.1. The predicted molar refractivity (Wildman–Crippen MR) is 49.6 cm³/mol. The molecule has 0 aliphatic carbocycles. The third-order valence-corrected chi connectivity index (χ3v) is 2.00. The van der Waals surface area contributed by atoms with E-state index in [1.807, 2.05) is 0 Å². The van der Waals surface area contributed by atoms with Gasteiger partial charge in [0, 0.05) is 13.1 Å². The van der Waals surface area contributed by atoms with E-state index in [0.717, 1.165) is 0 Å². The highest BCUT2D eigenvalue weighted by Crippen LogP contribution is 2.18. The topological polar surface area (TPSA) is 50.8 Å². The number of hydrogen-bond acceptors (Lipinski definition) is 2. The number of alkyl halides is 3. The lowest BCUT2D eigenvalue weighted by Crippen LogP contribution is -2.44. The van der Waals surface area contributed by atoms with Crippen molar-refractivity contribution < 1.29 is 17.9 Å². The molecule has 1 saturated heterocycles. The number of hydrogen-bond donors (Lipinski definition) is 1. The Kier molecular flexibility index (Phi) is 4.19. The van der Waals surface area contributed by atoms with Gasteiger partial charge in [0.05, 0.1) is 26.2 Å². The lowest BCUT2D eigenvalue weighted by atomic mass is 10.4. The summed E-state index contributed by atoms with van der Waals surface area (Å²) in [6, 6.07) is 0. The van der Waals surface area contributed by atoms with Crippen LogP contribution in [-0.4, -0.2) is 49.9 Å². The molecule has 1 aliphatic heterocycles. The Bertz CT molecular complexity index is 224. The van der Waals surface area contributed by atoms with Crippen molar-refractivity contribution in [3.05, 3.63) is 0 Å². The van der Waals surface area contributed by atoms with E-state index >= 15 is 0 Å². The Morgan fingerprint density at radius 3 is 2.47 bits per heavy atom. The summed E-state index contributed by atoms with van der Waals surface area (Å²) in [5.74, 6) is 0.169. The van der Waals surface area contributed by atoms with Crippen molar-refractivity contribution in [2.24, 2.45) is 10.7 Å². The molecule has 0 aromatic carbocycles. The summed E-state index contributed by atoms with van der Waals surface area (Å²) in [7, 11) is 0. The molecule has 88 valence electrons. The van der Waals surface area contributed by atoms with Crippen molar-refractivity contribution in [3.8, 4) is 0 Å². The number of nitrogens with zero attached hydrogens (tertiary/aromatic N) is 2. The van der Waals surface area contributed by atoms with E-state index in [0.29, 0.717) is 26.3 Å². The molecular formula is C8H14F3N3O. The van der Waals surface area contributed by atoms with Gasteiger partial charge in [-0.2, -0.15) is 13.2 Å². The Morgan fingerprint density at radius 2 is 1.93 bits per heavy atom. The van der Waals surface area contributed by atoms with Crippen molar-refractivity contribution in [1.82, 2.24) is 4.90 Å². The molecule has 1 fully saturated rings. The van der Waals surface area contributed by atoms with Crippen LogP contribution >= 0.6 is 0 Å². The molecule has 0 unspecified atom stereocenters. The molecule has 15 heavy (non-hydrogen) atoms. The standard InChI is InChI=1S/C8H14F3N3O/c9-8(10,11)1-2-13-7(12)14-3-5-15-6-4-14/h1-6H2,(H2,12,13). The van der Waals surface area contributed by atoms with E-state index < -0.39 is 12.6 Å². The zero-order valence-electron chi connectivity index (χ0n) is 8.26. The minimum Gasteiger partial charge on any atom is -0.378 e. The average Bonchev–Trinajstić information content (AvgIpc) is 2.17. The third-order valence-electron chi connectivity index (χ3n) is 2.00. The van der Waals surface area contributed by atoms with Gasteiger partial charge < -0.3 is 15.4 Å². The maximum atomic E-state index is 11.8. The second-order valence-corrected chi connectivity index (χ2v) is 3.20. The molecule has 0 aromatic heterocycles. The van der Waals surface area contributed by atoms with Crippen molar-refractivity contribution in [1.29, 1.82) is 0 Å². The van der Waals surface area contributed by atoms with Gasteiger partial charge in [0.25, 0.3) is 0 Å². The highest BCUT2D eigenvalue weighted by molar-refractivity contribution is 5.78. The first-order chi connectivity index (χ1) is 6.99. The van der Waals surface area contributed by atoms with E-state index in [4.69, 9.17) is 10.5 Å². The Labute approximate surface area is 85.9 Å². The molecule has 7 heteroatoms. The van der Waals surface area contributed by atoms with Crippen LogP contribution in [-0.2, 0) is 4.74 Å². The quantitative estimate of drug-likeness (QED) is 0.552. The van der Waals surface area contributed by atoms with Gasteiger partial charge in [-0.3, -0.25) is 4.99 Å². The summed E-state index contributed by atoms with van der Waals surface area (Å²) in [6.45, 7) is 1.93. The molecule has 1 heterocycles. The summed E-state index contributed by atoms with van der Waals surface area (Å²) in [5, 5.41) is 0. The third kappa shape index (κ3) is 4.87.